The molecule has 1 fully saturated rings. The summed E-state index contributed by atoms with van der Waals surface area (Å²) in [5, 5.41) is 6.55. The molecule has 1 aliphatic carbocycles. The third-order valence-corrected chi connectivity index (χ3v) is 5.08. The Morgan fingerprint density at radius 2 is 2.14 bits per heavy atom. The van der Waals surface area contributed by atoms with E-state index in [2.05, 4.69) is 23.7 Å². The Kier molecular flexibility index (Phi) is 4.70. The van der Waals surface area contributed by atoms with Gasteiger partial charge >= 0.3 is 0 Å². The first kappa shape index (κ1) is 14.7. The number of hydrogen-bond donors (Lipinski definition) is 1. The summed E-state index contributed by atoms with van der Waals surface area (Å²) >= 11 is 1.67. The van der Waals surface area contributed by atoms with E-state index in [4.69, 9.17) is 14.7 Å². The van der Waals surface area contributed by atoms with Gasteiger partial charge in [-0.3, -0.25) is 0 Å². The summed E-state index contributed by atoms with van der Waals surface area (Å²) in [5.41, 5.74) is 0. The number of rotatable bonds is 5. The van der Waals surface area contributed by atoms with Crippen LogP contribution < -0.4 is 5.32 Å². The van der Waals surface area contributed by atoms with Gasteiger partial charge in [0.1, 0.15) is 16.8 Å². The quantitative estimate of drug-likeness (QED) is 0.890. The molecule has 2 heterocycles. The molecule has 0 bridgehead atoms. The molecule has 21 heavy (non-hydrogen) atoms. The van der Waals surface area contributed by atoms with E-state index in [1.165, 1.54) is 32.1 Å². The molecule has 1 N–H and O–H groups in total. The zero-order valence-corrected chi connectivity index (χ0v) is 13.6. The Labute approximate surface area is 129 Å². The molecule has 0 aliphatic heterocycles. The summed E-state index contributed by atoms with van der Waals surface area (Å²) in [4.78, 5) is 10.6. The van der Waals surface area contributed by atoms with Crippen molar-refractivity contribution in [2.45, 2.75) is 45.1 Å². The van der Waals surface area contributed by atoms with Crippen LogP contribution in [0.3, 0.4) is 0 Å². The number of anilines is 1. The maximum absolute atomic E-state index is 5.79. The second-order valence-corrected chi connectivity index (χ2v) is 6.55. The van der Waals surface area contributed by atoms with Gasteiger partial charge in [-0.15, -0.1) is 11.3 Å². The van der Waals surface area contributed by atoms with Gasteiger partial charge in [0.2, 0.25) is 0 Å². The minimum absolute atomic E-state index is 0.0224. The second-order valence-electron chi connectivity index (χ2n) is 5.65. The smallest absolute Gasteiger partial charge is 0.161 e. The molecule has 114 valence electrons. The summed E-state index contributed by atoms with van der Waals surface area (Å²) < 4.78 is 5.79. The molecule has 2 aromatic heterocycles. The molecule has 0 spiro atoms. The van der Waals surface area contributed by atoms with E-state index in [-0.39, 0.29) is 6.10 Å². The van der Waals surface area contributed by atoms with Crippen LogP contribution in [0, 0.1) is 5.92 Å². The lowest BCUT2D eigenvalue weighted by atomic mass is 9.85. The Morgan fingerprint density at radius 1 is 1.33 bits per heavy atom. The van der Waals surface area contributed by atoms with Crippen LogP contribution in [0.25, 0.3) is 10.2 Å². The fourth-order valence-electron chi connectivity index (χ4n) is 3.25. The highest BCUT2D eigenvalue weighted by Crippen LogP contribution is 2.37. The topological polar surface area (TPSA) is 47.0 Å². The number of hydrogen-bond acceptors (Lipinski definition) is 5. The molecule has 0 amide bonds. The summed E-state index contributed by atoms with van der Waals surface area (Å²) in [6.45, 7) is 2.96. The van der Waals surface area contributed by atoms with Crippen LogP contribution >= 0.6 is 11.3 Å². The van der Waals surface area contributed by atoms with Gasteiger partial charge in [0, 0.05) is 13.7 Å². The van der Waals surface area contributed by atoms with E-state index in [0.29, 0.717) is 5.92 Å². The molecule has 4 nitrogen and oxygen atoms in total. The van der Waals surface area contributed by atoms with Gasteiger partial charge in [-0.1, -0.05) is 19.3 Å². The molecule has 3 rings (SSSR count). The first-order chi connectivity index (χ1) is 10.3. The molecule has 5 heteroatoms. The number of nitrogens with one attached hydrogen (secondary N) is 1. The van der Waals surface area contributed by atoms with Crippen LogP contribution in [0.1, 0.15) is 51.0 Å². The third kappa shape index (κ3) is 3.04. The Bertz CT molecular complexity index is 592. The molecule has 1 aliphatic rings. The standard InChI is InChI=1S/C16H23N3OS/c1-3-17-14-12-9-10-21-16(12)19-15(18-14)13(20-2)11-7-5-4-6-8-11/h9-11,13H,3-8H2,1-2H3,(H,17,18,19). The van der Waals surface area contributed by atoms with Crippen LogP contribution in [0.2, 0.25) is 0 Å². The lowest BCUT2D eigenvalue weighted by molar-refractivity contribution is 0.0293. The first-order valence-electron chi connectivity index (χ1n) is 7.85. The van der Waals surface area contributed by atoms with Gasteiger partial charge in [0.15, 0.2) is 5.82 Å². The van der Waals surface area contributed by atoms with Crippen molar-refractivity contribution in [2.24, 2.45) is 5.92 Å². The largest absolute Gasteiger partial charge is 0.373 e. The van der Waals surface area contributed by atoms with Gasteiger partial charge in [0.05, 0.1) is 5.39 Å². The maximum atomic E-state index is 5.79. The van der Waals surface area contributed by atoms with Crippen molar-refractivity contribution in [3.05, 3.63) is 17.3 Å². The van der Waals surface area contributed by atoms with Crippen LogP contribution in [0.4, 0.5) is 5.82 Å². The lowest BCUT2D eigenvalue weighted by Gasteiger charge is -2.28. The number of nitrogens with zero attached hydrogens (tertiary/aromatic N) is 2. The molecule has 2 aromatic rings. The van der Waals surface area contributed by atoms with Crippen molar-refractivity contribution in [1.29, 1.82) is 0 Å². The summed E-state index contributed by atoms with van der Waals surface area (Å²) in [7, 11) is 1.79. The average molecular weight is 305 g/mol. The van der Waals surface area contributed by atoms with Gasteiger partial charge < -0.3 is 10.1 Å². The highest BCUT2D eigenvalue weighted by Gasteiger charge is 2.28. The predicted octanol–water partition coefficient (Wildman–Crippen LogP) is 4.39. The number of methoxy groups -OCH3 is 1. The van der Waals surface area contributed by atoms with Crippen molar-refractivity contribution in [1.82, 2.24) is 9.97 Å². The number of thiophene rings is 1. The maximum Gasteiger partial charge on any atom is 0.161 e. The fraction of sp³-hybridized carbons (Fsp3) is 0.625. The Hall–Kier alpha value is -1.20. The van der Waals surface area contributed by atoms with Crippen molar-refractivity contribution in [3.63, 3.8) is 0 Å². The molecular weight excluding hydrogens is 282 g/mol. The minimum atomic E-state index is 0.0224. The number of aromatic nitrogens is 2. The van der Waals surface area contributed by atoms with Crippen LogP contribution in [-0.4, -0.2) is 23.6 Å². The molecule has 1 atom stereocenters. The zero-order valence-electron chi connectivity index (χ0n) is 12.8. The molecule has 0 aromatic carbocycles. The van der Waals surface area contributed by atoms with Crippen molar-refractivity contribution in [3.8, 4) is 0 Å². The van der Waals surface area contributed by atoms with Crippen molar-refractivity contribution in [2.75, 3.05) is 19.0 Å². The normalized spacial score (nSPS) is 18.0. The van der Waals surface area contributed by atoms with E-state index in [0.717, 1.165) is 28.4 Å². The average Bonchev–Trinajstić information content (AvgIpc) is 2.98. The lowest BCUT2D eigenvalue weighted by Crippen LogP contribution is -2.20. The Morgan fingerprint density at radius 3 is 2.86 bits per heavy atom. The molecule has 1 saturated carbocycles. The fourth-order valence-corrected chi connectivity index (χ4v) is 4.02. The van der Waals surface area contributed by atoms with Crippen LogP contribution in [0.5, 0.6) is 0 Å². The number of fused-ring (bicyclic) bond motifs is 1. The third-order valence-electron chi connectivity index (χ3n) is 4.27. The summed E-state index contributed by atoms with van der Waals surface area (Å²) in [6, 6.07) is 2.09. The SMILES string of the molecule is CCNc1nc(C(OC)C2CCCCC2)nc2sccc12. The van der Waals surface area contributed by atoms with Gasteiger partial charge in [-0.2, -0.15) is 0 Å². The monoisotopic (exact) mass is 305 g/mol. The van der Waals surface area contributed by atoms with Gasteiger partial charge in [-0.25, -0.2) is 9.97 Å². The van der Waals surface area contributed by atoms with E-state index in [9.17, 15) is 0 Å². The van der Waals surface area contributed by atoms with Gasteiger partial charge in [0.25, 0.3) is 0 Å². The van der Waals surface area contributed by atoms with E-state index >= 15 is 0 Å². The second kappa shape index (κ2) is 6.71. The highest BCUT2D eigenvalue weighted by molar-refractivity contribution is 7.16. The van der Waals surface area contributed by atoms with E-state index in [1.54, 1.807) is 18.4 Å². The van der Waals surface area contributed by atoms with Crippen LogP contribution in [-0.2, 0) is 4.74 Å². The summed E-state index contributed by atoms with van der Waals surface area (Å²) in [5.74, 6) is 2.34. The molecular formula is C16H23N3OS. The highest BCUT2D eigenvalue weighted by atomic mass is 32.1. The minimum Gasteiger partial charge on any atom is -0.373 e. The van der Waals surface area contributed by atoms with Crippen molar-refractivity contribution >= 4 is 27.4 Å². The zero-order chi connectivity index (χ0) is 14.7. The predicted molar refractivity (Wildman–Crippen MR) is 87.9 cm³/mol. The Balaban J connectivity index is 1.96. The molecule has 0 radical (unpaired) electrons. The molecule has 1 unspecified atom stereocenters. The van der Waals surface area contributed by atoms with Gasteiger partial charge in [-0.05, 0) is 37.1 Å². The van der Waals surface area contributed by atoms with Crippen molar-refractivity contribution < 1.29 is 4.74 Å². The summed E-state index contributed by atoms with van der Waals surface area (Å²) in [6.07, 6.45) is 6.41. The molecule has 0 saturated heterocycles. The van der Waals surface area contributed by atoms with E-state index in [1.807, 2.05) is 0 Å². The van der Waals surface area contributed by atoms with E-state index < -0.39 is 0 Å². The van der Waals surface area contributed by atoms with Crippen LogP contribution in [0.15, 0.2) is 11.4 Å². The first-order valence-corrected chi connectivity index (χ1v) is 8.73. The number of ether oxygens (including phenoxy) is 1.